The first-order valence-electron chi connectivity index (χ1n) is 10.3. The van der Waals surface area contributed by atoms with Gasteiger partial charge in [0.15, 0.2) is 0 Å². The highest BCUT2D eigenvalue weighted by Gasteiger charge is 2.34. The fraction of sp³-hybridized carbons (Fsp3) is 0.417. The molecule has 2 aromatic carbocycles. The third-order valence-corrected chi connectivity index (χ3v) is 5.65. The molecule has 5 nitrogen and oxygen atoms in total. The van der Waals surface area contributed by atoms with E-state index >= 15 is 0 Å². The molecule has 1 aliphatic rings. The molecule has 3 rings (SSSR count). The van der Waals surface area contributed by atoms with Gasteiger partial charge in [-0.15, -0.1) is 0 Å². The quantitative estimate of drug-likeness (QED) is 0.750. The molecule has 2 aromatic rings. The standard InChI is InChI=1S/C24H31N3O2/c1-18-9-11-20(12-10-18)22(26(2)3)16-25-24(29)21-15-23(28)27(17-21)14-13-19-7-5-4-6-8-19/h4-12,21-22H,13-17H2,1-3H3,(H,25,29). The van der Waals surface area contributed by atoms with Crippen molar-refractivity contribution in [3.05, 3.63) is 71.3 Å². The number of nitrogens with one attached hydrogen (secondary N) is 1. The number of likely N-dealkylation sites (tertiary alicyclic amines) is 1. The van der Waals surface area contributed by atoms with Gasteiger partial charge in [0.05, 0.1) is 12.0 Å². The van der Waals surface area contributed by atoms with E-state index in [0.717, 1.165) is 6.42 Å². The summed E-state index contributed by atoms with van der Waals surface area (Å²) in [6, 6.07) is 18.6. The van der Waals surface area contributed by atoms with Gasteiger partial charge in [-0.25, -0.2) is 0 Å². The smallest absolute Gasteiger partial charge is 0.225 e. The van der Waals surface area contributed by atoms with E-state index in [-0.39, 0.29) is 23.8 Å². The third-order valence-electron chi connectivity index (χ3n) is 5.65. The van der Waals surface area contributed by atoms with Crippen molar-refractivity contribution in [1.29, 1.82) is 0 Å². The fourth-order valence-electron chi connectivity index (χ4n) is 3.80. The van der Waals surface area contributed by atoms with Crippen molar-refractivity contribution in [3.63, 3.8) is 0 Å². The second kappa shape index (κ2) is 9.70. The van der Waals surface area contributed by atoms with Gasteiger partial charge in [-0.3, -0.25) is 9.59 Å². The molecule has 154 valence electrons. The van der Waals surface area contributed by atoms with E-state index in [1.54, 1.807) is 0 Å². The van der Waals surface area contributed by atoms with E-state index in [1.807, 2.05) is 37.2 Å². The monoisotopic (exact) mass is 393 g/mol. The third kappa shape index (κ3) is 5.67. The highest BCUT2D eigenvalue weighted by atomic mass is 16.2. The molecule has 29 heavy (non-hydrogen) atoms. The number of nitrogens with zero attached hydrogens (tertiary/aromatic N) is 2. The molecule has 2 amide bonds. The molecule has 1 N–H and O–H groups in total. The molecule has 1 saturated heterocycles. The summed E-state index contributed by atoms with van der Waals surface area (Å²) in [6.07, 6.45) is 1.12. The Labute approximate surface area is 173 Å². The summed E-state index contributed by atoms with van der Waals surface area (Å²) in [7, 11) is 4.03. The van der Waals surface area contributed by atoms with Crippen molar-refractivity contribution >= 4 is 11.8 Å². The number of aryl methyl sites for hydroxylation is 1. The lowest BCUT2D eigenvalue weighted by molar-refractivity contribution is -0.129. The molecule has 0 aliphatic carbocycles. The maximum absolute atomic E-state index is 12.7. The molecule has 1 heterocycles. The van der Waals surface area contributed by atoms with E-state index < -0.39 is 0 Å². The molecule has 0 aromatic heterocycles. The maximum atomic E-state index is 12.7. The number of amides is 2. The molecule has 0 saturated carbocycles. The lowest BCUT2D eigenvalue weighted by atomic mass is 10.0. The Bertz CT molecular complexity index is 818. The highest BCUT2D eigenvalue weighted by Crippen LogP contribution is 2.21. The summed E-state index contributed by atoms with van der Waals surface area (Å²) < 4.78 is 0. The lowest BCUT2D eigenvalue weighted by Gasteiger charge is -2.26. The lowest BCUT2D eigenvalue weighted by Crippen LogP contribution is -2.38. The Hall–Kier alpha value is -2.66. The summed E-state index contributed by atoms with van der Waals surface area (Å²) in [4.78, 5) is 29.0. The van der Waals surface area contributed by atoms with Crippen LogP contribution in [0.25, 0.3) is 0 Å². The molecular weight excluding hydrogens is 362 g/mol. The highest BCUT2D eigenvalue weighted by molar-refractivity contribution is 5.89. The molecule has 0 bridgehead atoms. The van der Waals surface area contributed by atoms with Gasteiger partial charge in [-0.05, 0) is 38.6 Å². The minimum Gasteiger partial charge on any atom is -0.354 e. The number of hydrogen-bond donors (Lipinski definition) is 1. The summed E-state index contributed by atoms with van der Waals surface area (Å²) in [6.45, 7) is 3.77. The van der Waals surface area contributed by atoms with Crippen molar-refractivity contribution in [3.8, 4) is 0 Å². The topological polar surface area (TPSA) is 52.7 Å². The maximum Gasteiger partial charge on any atom is 0.225 e. The van der Waals surface area contributed by atoms with Gasteiger partial charge < -0.3 is 15.1 Å². The van der Waals surface area contributed by atoms with Crippen molar-refractivity contribution < 1.29 is 9.59 Å². The average molecular weight is 394 g/mol. The zero-order chi connectivity index (χ0) is 20.8. The van der Waals surface area contributed by atoms with E-state index in [9.17, 15) is 9.59 Å². The number of likely N-dealkylation sites (N-methyl/N-ethyl adjacent to an activating group) is 1. The van der Waals surface area contributed by atoms with Crippen LogP contribution in [0.15, 0.2) is 54.6 Å². The molecule has 0 spiro atoms. The first-order chi connectivity index (χ1) is 13.9. The Balaban J connectivity index is 1.52. The van der Waals surface area contributed by atoms with Gasteiger partial charge in [0.2, 0.25) is 11.8 Å². The van der Waals surface area contributed by atoms with Crippen molar-refractivity contribution in [1.82, 2.24) is 15.1 Å². The summed E-state index contributed by atoms with van der Waals surface area (Å²) in [5, 5.41) is 3.07. The van der Waals surface area contributed by atoms with Gasteiger partial charge in [-0.2, -0.15) is 0 Å². The van der Waals surface area contributed by atoms with Gasteiger partial charge in [0.25, 0.3) is 0 Å². The molecule has 2 unspecified atom stereocenters. The number of rotatable bonds is 8. The molecule has 5 heteroatoms. The molecular formula is C24H31N3O2. The summed E-state index contributed by atoms with van der Waals surface area (Å²) in [5.41, 5.74) is 3.60. The van der Waals surface area contributed by atoms with E-state index in [2.05, 4.69) is 53.5 Å². The van der Waals surface area contributed by atoms with Crippen LogP contribution in [0.5, 0.6) is 0 Å². The van der Waals surface area contributed by atoms with Crippen LogP contribution in [0.4, 0.5) is 0 Å². The number of hydrogen-bond acceptors (Lipinski definition) is 3. The van der Waals surface area contributed by atoms with Gasteiger partial charge in [-0.1, -0.05) is 60.2 Å². The average Bonchev–Trinajstić information content (AvgIpc) is 3.09. The minimum atomic E-state index is -0.265. The molecule has 1 aliphatic heterocycles. The van der Waals surface area contributed by atoms with Crippen molar-refractivity contribution in [2.24, 2.45) is 5.92 Å². The van der Waals surface area contributed by atoms with Crippen LogP contribution in [-0.4, -0.2) is 55.3 Å². The second-order valence-corrected chi connectivity index (χ2v) is 8.11. The van der Waals surface area contributed by atoms with E-state index in [1.165, 1.54) is 16.7 Å². The van der Waals surface area contributed by atoms with Crippen LogP contribution in [0.3, 0.4) is 0 Å². The fourth-order valence-corrected chi connectivity index (χ4v) is 3.80. The predicted octanol–water partition coefficient (Wildman–Crippen LogP) is 2.81. The Morgan fingerprint density at radius 2 is 1.83 bits per heavy atom. The van der Waals surface area contributed by atoms with Crippen LogP contribution in [0.2, 0.25) is 0 Å². The summed E-state index contributed by atoms with van der Waals surface area (Å²) in [5.74, 6) is -0.220. The first kappa shape index (κ1) is 21.1. The van der Waals surface area contributed by atoms with Crippen LogP contribution in [-0.2, 0) is 16.0 Å². The Kier molecular flexibility index (Phi) is 7.04. The minimum absolute atomic E-state index is 0.0282. The van der Waals surface area contributed by atoms with Crippen molar-refractivity contribution in [2.45, 2.75) is 25.8 Å². The van der Waals surface area contributed by atoms with E-state index in [4.69, 9.17) is 0 Å². The summed E-state index contributed by atoms with van der Waals surface area (Å²) >= 11 is 0. The van der Waals surface area contributed by atoms with Crippen LogP contribution < -0.4 is 5.32 Å². The van der Waals surface area contributed by atoms with Crippen LogP contribution in [0, 0.1) is 12.8 Å². The molecule has 1 fully saturated rings. The zero-order valence-electron chi connectivity index (χ0n) is 17.6. The second-order valence-electron chi connectivity index (χ2n) is 8.11. The SMILES string of the molecule is Cc1ccc(C(CNC(=O)C2CC(=O)N(CCc3ccccc3)C2)N(C)C)cc1. The molecule has 2 atom stereocenters. The Morgan fingerprint density at radius 1 is 1.14 bits per heavy atom. The van der Waals surface area contributed by atoms with Gasteiger partial charge in [0.1, 0.15) is 0 Å². The number of benzene rings is 2. The van der Waals surface area contributed by atoms with Gasteiger partial charge >= 0.3 is 0 Å². The van der Waals surface area contributed by atoms with Crippen LogP contribution >= 0.6 is 0 Å². The number of carbonyl (C=O) groups excluding carboxylic acids is 2. The Morgan fingerprint density at radius 3 is 2.48 bits per heavy atom. The number of carbonyl (C=O) groups is 2. The zero-order valence-corrected chi connectivity index (χ0v) is 17.6. The normalized spacial score (nSPS) is 17.6. The largest absolute Gasteiger partial charge is 0.354 e. The first-order valence-corrected chi connectivity index (χ1v) is 10.3. The van der Waals surface area contributed by atoms with E-state index in [0.29, 0.717) is 26.1 Å². The van der Waals surface area contributed by atoms with Gasteiger partial charge in [0, 0.05) is 26.1 Å². The van der Waals surface area contributed by atoms with Crippen molar-refractivity contribution in [2.75, 3.05) is 33.7 Å². The predicted molar refractivity (Wildman–Crippen MR) is 115 cm³/mol. The van der Waals surface area contributed by atoms with Crippen LogP contribution in [0.1, 0.15) is 29.2 Å². The molecule has 0 radical (unpaired) electrons.